The van der Waals surface area contributed by atoms with Crippen LogP contribution in [0.1, 0.15) is 12.8 Å². The lowest BCUT2D eigenvalue weighted by Gasteiger charge is -2.21. The number of carbonyl (C=O) groups excluding carboxylic acids is 1. The van der Waals surface area contributed by atoms with Crippen LogP contribution in [0.3, 0.4) is 0 Å². The van der Waals surface area contributed by atoms with Gasteiger partial charge >= 0.3 is 0 Å². The van der Waals surface area contributed by atoms with Crippen LogP contribution in [-0.4, -0.2) is 48.2 Å². The predicted octanol–water partition coefficient (Wildman–Crippen LogP) is -0.813. The number of aliphatic hydroxyl groups is 1. The molecule has 1 saturated heterocycles. The highest BCUT2D eigenvalue weighted by atomic mass is 16.3. The Balaban J connectivity index is 1.90. The Bertz CT molecular complexity index is 220. The Morgan fingerprint density at radius 2 is 2.46 bits per heavy atom. The van der Waals surface area contributed by atoms with Crippen molar-refractivity contribution in [3.8, 4) is 0 Å². The molecule has 1 aliphatic heterocycles. The van der Waals surface area contributed by atoms with Crippen LogP contribution >= 0.6 is 0 Å². The van der Waals surface area contributed by atoms with Gasteiger partial charge in [-0.1, -0.05) is 0 Å². The molecule has 2 aliphatic rings. The average Bonchev–Trinajstić information content (AvgIpc) is 2.80. The van der Waals surface area contributed by atoms with Crippen LogP contribution in [0.5, 0.6) is 0 Å². The molecule has 3 atom stereocenters. The highest BCUT2D eigenvalue weighted by Gasteiger charge is 2.44. The second-order valence-corrected chi connectivity index (χ2v) is 4.01. The monoisotopic (exact) mass is 184 g/mol. The van der Waals surface area contributed by atoms with E-state index in [2.05, 4.69) is 10.2 Å². The van der Waals surface area contributed by atoms with E-state index in [-0.39, 0.29) is 18.6 Å². The van der Waals surface area contributed by atoms with Gasteiger partial charge in [0.25, 0.3) is 0 Å². The molecule has 0 spiro atoms. The summed E-state index contributed by atoms with van der Waals surface area (Å²) in [4.78, 5) is 13.4. The molecule has 4 heteroatoms. The number of nitrogens with one attached hydrogen (secondary N) is 1. The first-order valence-corrected chi connectivity index (χ1v) is 4.84. The van der Waals surface area contributed by atoms with Crippen molar-refractivity contribution in [2.45, 2.75) is 24.9 Å². The van der Waals surface area contributed by atoms with E-state index in [1.54, 1.807) is 0 Å². The summed E-state index contributed by atoms with van der Waals surface area (Å²) in [5.74, 6) is 0.546. The summed E-state index contributed by atoms with van der Waals surface area (Å²) in [6.45, 7) is 1.05. The fraction of sp³-hybridized carbons (Fsp3) is 0.889. The van der Waals surface area contributed by atoms with Crippen LogP contribution in [-0.2, 0) is 4.79 Å². The molecule has 2 N–H and O–H groups in total. The molecule has 1 amide bonds. The molecule has 0 aromatic rings. The van der Waals surface area contributed by atoms with E-state index in [1.807, 2.05) is 7.05 Å². The zero-order chi connectivity index (χ0) is 9.42. The molecular formula is C9H16N2O2. The first kappa shape index (κ1) is 8.97. The Hall–Kier alpha value is -0.610. The molecule has 13 heavy (non-hydrogen) atoms. The van der Waals surface area contributed by atoms with E-state index in [9.17, 15) is 4.79 Å². The Kier molecular flexibility index (Phi) is 2.26. The number of hydrogen-bond acceptors (Lipinski definition) is 3. The van der Waals surface area contributed by atoms with Crippen LogP contribution in [0.2, 0.25) is 0 Å². The molecule has 1 heterocycles. The predicted molar refractivity (Wildman–Crippen MR) is 48.2 cm³/mol. The second-order valence-electron chi connectivity index (χ2n) is 4.01. The van der Waals surface area contributed by atoms with Crippen molar-refractivity contribution in [3.05, 3.63) is 0 Å². The number of carbonyl (C=O) groups is 1. The van der Waals surface area contributed by atoms with Gasteiger partial charge < -0.3 is 10.4 Å². The van der Waals surface area contributed by atoms with E-state index >= 15 is 0 Å². The maximum Gasteiger partial charge on any atom is 0.237 e. The molecule has 74 valence electrons. The molecule has 0 radical (unpaired) electrons. The van der Waals surface area contributed by atoms with Crippen molar-refractivity contribution in [1.29, 1.82) is 0 Å². The average molecular weight is 184 g/mol. The van der Waals surface area contributed by atoms with E-state index < -0.39 is 0 Å². The third-order valence-electron chi connectivity index (χ3n) is 3.15. The smallest absolute Gasteiger partial charge is 0.237 e. The minimum atomic E-state index is 0.0431. The molecule has 3 unspecified atom stereocenters. The van der Waals surface area contributed by atoms with Crippen LogP contribution in [0.25, 0.3) is 0 Å². The van der Waals surface area contributed by atoms with Gasteiger partial charge in [0.2, 0.25) is 5.91 Å². The van der Waals surface area contributed by atoms with Gasteiger partial charge in [-0.2, -0.15) is 0 Å². The minimum absolute atomic E-state index is 0.0431. The third kappa shape index (κ3) is 1.56. The topological polar surface area (TPSA) is 52.6 Å². The highest BCUT2D eigenvalue weighted by molar-refractivity contribution is 5.83. The molecule has 2 rings (SSSR count). The number of hydrogen-bond donors (Lipinski definition) is 2. The van der Waals surface area contributed by atoms with Gasteiger partial charge in [0.05, 0.1) is 6.04 Å². The lowest BCUT2D eigenvalue weighted by Crippen LogP contribution is -2.40. The first-order chi connectivity index (χ1) is 6.24. The van der Waals surface area contributed by atoms with Crippen molar-refractivity contribution in [3.63, 3.8) is 0 Å². The van der Waals surface area contributed by atoms with Crippen LogP contribution in [0, 0.1) is 5.92 Å². The highest BCUT2D eigenvalue weighted by Crippen LogP contribution is 2.36. The zero-order valence-corrected chi connectivity index (χ0v) is 7.86. The summed E-state index contributed by atoms with van der Waals surface area (Å²) in [7, 11) is 1.98. The van der Waals surface area contributed by atoms with Gasteiger partial charge in [-0.05, 0) is 25.8 Å². The van der Waals surface area contributed by atoms with Crippen LogP contribution in [0.4, 0.5) is 0 Å². The van der Waals surface area contributed by atoms with E-state index in [4.69, 9.17) is 5.11 Å². The van der Waals surface area contributed by atoms with Gasteiger partial charge in [-0.15, -0.1) is 0 Å². The third-order valence-corrected chi connectivity index (χ3v) is 3.15. The first-order valence-electron chi connectivity index (χ1n) is 4.84. The standard InChI is InChI=1S/C9H16N2O2/c1-11(8-4-6(8)5-12)7-2-3-10-9(7)13/h6-8,12H,2-5H2,1H3,(H,10,13). The molecule has 2 fully saturated rings. The molecule has 1 aliphatic carbocycles. The zero-order valence-electron chi connectivity index (χ0n) is 7.86. The number of nitrogens with zero attached hydrogens (tertiary/aromatic N) is 1. The summed E-state index contributed by atoms with van der Waals surface area (Å²) in [5.41, 5.74) is 0. The van der Waals surface area contributed by atoms with E-state index in [0.29, 0.717) is 12.0 Å². The van der Waals surface area contributed by atoms with Gasteiger partial charge in [0.1, 0.15) is 0 Å². The summed E-state index contributed by atoms with van der Waals surface area (Å²) in [6, 6.07) is 0.473. The fourth-order valence-corrected chi connectivity index (χ4v) is 2.13. The lowest BCUT2D eigenvalue weighted by atomic mass is 10.2. The van der Waals surface area contributed by atoms with E-state index in [0.717, 1.165) is 19.4 Å². The number of amides is 1. The van der Waals surface area contributed by atoms with Gasteiger partial charge in [0, 0.05) is 19.2 Å². The summed E-state index contributed by atoms with van der Waals surface area (Å²) in [5, 5.41) is 11.7. The molecule has 0 aromatic heterocycles. The minimum Gasteiger partial charge on any atom is -0.396 e. The lowest BCUT2D eigenvalue weighted by molar-refractivity contribution is -0.123. The maximum absolute atomic E-state index is 11.3. The van der Waals surface area contributed by atoms with Gasteiger partial charge in [-0.25, -0.2) is 0 Å². The summed E-state index contributed by atoms with van der Waals surface area (Å²) < 4.78 is 0. The molecule has 1 saturated carbocycles. The van der Waals surface area contributed by atoms with Crippen molar-refractivity contribution < 1.29 is 9.90 Å². The van der Waals surface area contributed by atoms with Crippen molar-refractivity contribution >= 4 is 5.91 Å². The SMILES string of the molecule is CN(C1CCNC1=O)C1CC1CO. The normalized spacial score (nSPS) is 38.1. The number of likely N-dealkylation sites (N-methyl/N-ethyl adjacent to an activating group) is 1. The maximum atomic E-state index is 11.3. The summed E-state index contributed by atoms with van der Waals surface area (Å²) >= 11 is 0. The summed E-state index contributed by atoms with van der Waals surface area (Å²) in [6.07, 6.45) is 1.95. The van der Waals surface area contributed by atoms with Crippen LogP contribution in [0.15, 0.2) is 0 Å². The quantitative estimate of drug-likeness (QED) is 0.603. The van der Waals surface area contributed by atoms with Crippen molar-refractivity contribution in [2.75, 3.05) is 20.2 Å². The molecule has 4 nitrogen and oxygen atoms in total. The van der Waals surface area contributed by atoms with E-state index in [1.165, 1.54) is 0 Å². The Morgan fingerprint density at radius 1 is 1.69 bits per heavy atom. The van der Waals surface area contributed by atoms with Crippen molar-refractivity contribution in [1.82, 2.24) is 10.2 Å². The molecule has 0 aromatic carbocycles. The second kappa shape index (κ2) is 3.27. The largest absolute Gasteiger partial charge is 0.396 e. The Morgan fingerprint density at radius 3 is 2.92 bits per heavy atom. The van der Waals surface area contributed by atoms with Crippen molar-refractivity contribution in [2.24, 2.45) is 5.92 Å². The van der Waals surface area contributed by atoms with Gasteiger partial charge in [-0.3, -0.25) is 9.69 Å². The number of aliphatic hydroxyl groups excluding tert-OH is 1. The molecule has 0 bridgehead atoms. The van der Waals surface area contributed by atoms with Gasteiger partial charge in [0.15, 0.2) is 0 Å². The van der Waals surface area contributed by atoms with Crippen LogP contribution < -0.4 is 5.32 Å². The number of rotatable bonds is 3. The molecular weight excluding hydrogens is 168 g/mol. The fourth-order valence-electron chi connectivity index (χ4n) is 2.13. The Labute approximate surface area is 77.9 Å².